The summed E-state index contributed by atoms with van der Waals surface area (Å²) in [6, 6.07) is 63.9. The van der Waals surface area contributed by atoms with Crippen molar-refractivity contribution < 1.29 is 21.1 Å². The Morgan fingerprint density at radius 1 is 0.459 bits per heavy atom. The molecule has 0 aliphatic carbocycles. The van der Waals surface area contributed by atoms with Crippen molar-refractivity contribution in [3.05, 3.63) is 210 Å². The fourth-order valence-electron chi connectivity index (χ4n) is 10.2. The van der Waals surface area contributed by atoms with Crippen molar-refractivity contribution in [2.75, 3.05) is 21.7 Å². The number of benzene rings is 7. The van der Waals surface area contributed by atoms with E-state index in [9.17, 15) is 0 Å². The number of pyridine rings is 1. The van der Waals surface area contributed by atoms with E-state index in [2.05, 4.69) is 294 Å². The Hall–Kier alpha value is -6.42. The van der Waals surface area contributed by atoms with Crippen LogP contribution in [0.1, 0.15) is 130 Å². The van der Waals surface area contributed by atoms with Crippen molar-refractivity contribution in [1.82, 2.24) is 9.55 Å². The molecule has 0 spiro atoms. The molecule has 2 aromatic heterocycles. The minimum absolute atomic E-state index is 0. The fourth-order valence-corrected chi connectivity index (χ4v) is 10.2. The SMILES string of the molecule is CN(c1[c-]c2c(cc1)c1cc(-c3ccccc3)ccc1n2-c1cc(C(C)(C)c2ccc(C(C)(C)C)cc2)ccn1)c1[c-]c(N2[CH-]N(c3cc(C(C)(C)C)cc(C(C)(C)C)c3)c3ccccc32)cc(C(C)(C)C)c1.[Pt]. The van der Waals surface area contributed by atoms with Crippen LogP contribution >= 0.6 is 0 Å². The topological polar surface area (TPSA) is 27.5 Å². The molecule has 0 bridgehead atoms. The molecule has 10 rings (SSSR count). The van der Waals surface area contributed by atoms with Crippen LogP contribution in [0.5, 0.6) is 0 Å². The van der Waals surface area contributed by atoms with Crippen LogP contribution in [-0.4, -0.2) is 16.6 Å². The van der Waals surface area contributed by atoms with Crippen LogP contribution in [0.25, 0.3) is 38.8 Å². The first-order valence-electron chi connectivity index (χ1n) is 26.0. The van der Waals surface area contributed by atoms with Gasteiger partial charge in [-0.05, 0) is 108 Å². The van der Waals surface area contributed by atoms with Crippen LogP contribution in [0.15, 0.2) is 158 Å². The zero-order chi connectivity index (χ0) is 52.0. The van der Waals surface area contributed by atoms with Crippen LogP contribution < -0.4 is 14.7 Å². The minimum atomic E-state index is -0.274. The monoisotopic (exact) mass is 1150 g/mol. The Kier molecular flexibility index (Phi) is 13.5. The molecule has 0 atom stereocenters. The summed E-state index contributed by atoms with van der Waals surface area (Å²) in [5.41, 5.74) is 18.0. The van der Waals surface area contributed by atoms with Gasteiger partial charge in [0.1, 0.15) is 5.82 Å². The normalized spacial score (nSPS) is 13.4. The van der Waals surface area contributed by atoms with Crippen LogP contribution in [-0.2, 0) is 48.1 Å². The minimum Gasteiger partial charge on any atom is -0.493 e. The predicted octanol–water partition coefficient (Wildman–Crippen LogP) is 18.1. The van der Waals surface area contributed by atoms with E-state index in [1.54, 1.807) is 0 Å². The van der Waals surface area contributed by atoms with Gasteiger partial charge in [-0.25, -0.2) is 4.98 Å². The summed E-state index contributed by atoms with van der Waals surface area (Å²) in [4.78, 5) is 12.0. The molecule has 0 saturated heterocycles. The van der Waals surface area contributed by atoms with Gasteiger partial charge in [-0.3, -0.25) is 0 Å². The van der Waals surface area contributed by atoms with Gasteiger partial charge in [0.2, 0.25) is 0 Å². The maximum Gasteiger partial charge on any atom is 0.135 e. The third-order valence-electron chi connectivity index (χ3n) is 15.2. The maximum absolute atomic E-state index is 5.13. The molecule has 1 aliphatic heterocycles. The van der Waals surface area contributed by atoms with E-state index in [4.69, 9.17) is 4.98 Å². The van der Waals surface area contributed by atoms with Gasteiger partial charge in [-0.15, -0.1) is 53.6 Å². The van der Waals surface area contributed by atoms with Crippen LogP contribution in [0.4, 0.5) is 34.1 Å². The Labute approximate surface area is 456 Å². The van der Waals surface area contributed by atoms with Gasteiger partial charge in [-0.2, -0.15) is 6.07 Å². The number of hydrogen-bond donors (Lipinski definition) is 0. The largest absolute Gasteiger partial charge is 0.493 e. The molecular weight excluding hydrogens is 1080 g/mol. The van der Waals surface area contributed by atoms with Crippen molar-refractivity contribution in [1.29, 1.82) is 0 Å². The van der Waals surface area contributed by atoms with E-state index < -0.39 is 0 Å². The summed E-state index contributed by atoms with van der Waals surface area (Å²) < 4.78 is 2.31. The Morgan fingerprint density at radius 3 is 1.66 bits per heavy atom. The van der Waals surface area contributed by atoms with E-state index >= 15 is 0 Å². The first-order valence-corrected chi connectivity index (χ1v) is 26.0. The first-order chi connectivity index (χ1) is 34.4. The maximum atomic E-state index is 5.13. The number of hydrogen-bond acceptors (Lipinski definition) is 4. The summed E-state index contributed by atoms with van der Waals surface area (Å²) in [7, 11) is 2.15. The molecule has 0 radical (unpaired) electrons. The Balaban J connectivity index is 0.00000672. The molecular formula is C68H72N5Pt-3. The molecule has 7 aromatic carbocycles. The van der Waals surface area contributed by atoms with Crippen LogP contribution in [0.2, 0.25) is 0 Å². The second kappa shape index (κ2) is 19.1. The molecule has 0 fully saturated rings. The molecule has 382 valence electrons. The van der Waals surface area contributed by atoms with Crippen molar-refractivity contribution in [3.8, 4) is 16.9 Å². The Bertz CT molecular complexity index is 3490. The van der Waals surface area contributed by atoms with Gasteiger partial charge in [0, 0.05) is 62.3 Å². The van der Waals surface area contributed by atoms with Crippen molar-refractivity contribution in [2.45, 2.75) is 124 Å². The average Bonchev–Trinajstić information content (AvgIpc) is 3.91. The Morgan fingerprint density at radius 2 is 1.04 bits per heavy atom. The van der Waals surface area contributed by atoms with Crippen LogP contribution in [0, 0.1) is 18.8 Å². The predicted molar refractivity (Wildman–Crippen MR) is 311 cm³/mol. The van der Waals surface area contributed by atoms with Crippen molar-refractivity contribution in [3.63, 3.8) is 0 Å². The molecule has 0 amide bonds. The number of anilines is 6. The summed E-state index contributed by atoms with van der Waals surface area (Å²) in [5, 5.41) is 2.28. The molecule has 6 heteroatoms. The molecule has 3 heterocycles. The summed E-state index contributed by atoms with van der Waals surface area (Å²) in [5.74, 6) is 0.861. The second-order valence-electron chi connectivity index (χ2n) is 25.0. The standard InChI is InChI=1S/C68H72N5.Pt/c1-64(2,3)47-26-28-48(29-27-47)68(13,14)49-33-34-69-63(41-49)73-59-32-25-46(45-21-17-16-18-22-45)35-58(59)57-31-30-53(43-62(57)73)70(15)54-37-52(67(10,11)12)40-56(42-54)72-44-71(60-23-19-20-24-61(60)72)55-38-50(65(4,5)6)36-51(39-55)66(7,8)9;/h16-41,44H,1-15H3;/q-3;. The third-order valence-corrected chi connectivity index (χ3v) is 15.2. The zero-order valence-electron chi connectivity index (χ0n) is 46.1. The smallest absolute Gasteiger partial charge is 0.135 e. The van der Waals surface area contributed by atoms with Gasteiger partial charge in [0.05, 0.1) is 0 Å². The second-order valence-corrected chi connectivity index (χ2v) is 25.0. The van der Waals surface area contributed by atoms with Gasteiger partial charge in [0.25, 0.3) is 0 Å². The summed E-state index contributed by atoms with van der Waals surface area (Å²) in [6.45, 7) is 34.4. The van der Waals surface area contributed by atoms with E-state index in [-0.39, 0.29) is 48.1 Å². The first kappa shape index (κ1) is 52.4. The van der Waals surface area contributed by atoms with E-state index in [0.29, 0.717) is 0 Å². The average molecular weight is 1150 g/mol. The zero-order valence-corrected chi connectivity index (χ0v) is 48.4. The molecule has 0 saturated carbocycles. The van der Waals surface area contributed by atoms with Crippen molar-refractivity contribution in [2.24, 2.45) is 0 Å². The van der Waals surface area contributed by atoms with Crippen LogP contribution in [0.3, 0.4) is 0 Å². The number of aromatic nitrogens is 2. The van der Waals surface area contributed by atoms with E-state index in [1.165, 1.54) is 44.5 Å². The van der Waals surface area contributed by atoms with Gasteiger partial charge in [0.15, 0.2) is 0 Å². The number of nitrogens with zero attached hydrogens (tertiary/aromatic N) is 5. The third kappa shape index (κ3) is 9.86. The molecule has 74 heavy (non-hydrogen) atoms. The molecule has 9 aromatic rings. The molecule has 0 N–H and O–H groups in total. The number of fused-ring (bicyclic) bond motifs is 4. The number of rotatable bonds is 8. The van der Waals surface area contributed by atoms with E-state index in [1.807, 2.05) is 6.20 Å². The summed E-state index contributed by atoms with van der Waals surface area (Å²) >= 11 is 0. The molecule has 1 aliphatic rings. The van der Waals surface area contributed by atoms with Gasteiger partial charge < -0.3 is 19.3 Å². The fraction of sp³-hybridized carbons (Fsp3) is 0.294. The van der Waals surface area contributed by atoms with Gasteiger partial charge in [-0.1, -0.05) is 199 Å². The number of para-hydroxylation sites is 2. The van der Waals surface area contributed by atoms with Crippen molar-refractivity contribution >= 4 is 55.9 Å². The van der Waals surface area contributed by atoms with E-state index in [0.717, 1.165) is 61.7 Å². The quantitative estimate of drug-likeness (QED) is 0.142. The van der Waals surface area contributed by atoms with Gasteiger partial charge >= 0.3 is 0 Å². The molecule has 0 unspecified atom stereocenters. The summed E-state index contributed by atoms with van der Waals surface area (Å²) in [6.07, 6.45) is 1.97. The molecule has 5 nitrogen and oxygen atoms in total.